The number of nitrogens with two attached hydrogens (primary N) is 1. The van der Waals surface area contributed by atoms with Gasteiger partial charge in [0.1, 0.15) is 15.5 Å². The van der Waals surface area contributed by atoms with Gasteiger partial charge in [0, 0.05) is 16.8 Å². The largest absolute Gasteiger partial charge is 0.497 e. The van der Waals surface area contributed by atoms with E-state index in [9.17, 15) is 4.79 Å². The van der Waals surface area contributed by atoms with E-state index < -0.39 is 0 Å². The van der Waals surface area contributed by atoms with Crippen molar-refractivity contribution in [2.45, 2.75) is 46.5 Å². The lowest BCUT2D eigenvalue weighted by atomic mass is 9.69. The fourth-order valence-electron chi connectivity index (χ4n) is 4.18. The average molecular weight is 424 g/mol. The van der Waals surface area contributed by atoms with Crippen molar-refractivity contribution >= 4 is 38.8 Å². The second-order valence-electron chi connectivity index (χ2n) is 8.76. The molecule has 2 heterocycles. The van der Waals surface area contributed by atoms with Gasteiger partial charge in [-0.2, -0.15) is 0 Å². The van der Waals surface area contributed by atoms with Gasteiger partial charge in [-0.25, -0.2) is 4.98 Å². The van der Waals surface area contributed by atoms with Crippen LogP contribution in [0.4, 0.5) is 11.4 Å². The number of anilines is 2. The van der Waals surface area contributed by atoms with Crippen molar-refractivity contribution in [2.75, 3.05) is 18.2 Å². The van der Waals surface area contributed by atoms with Gasteiger partial charge in [-0.05, 0) is 66.5 Å². The molecular weight excluding hydrogens is 394 g/mol. The number of nitrogens with one attached hydrogen (secondary N) is 1. The number of hydrogen-bond donors (Lipinski definition) is 2. The van der Waals surface area contributed by atoms with Gasteiger partial charge in [0.05, 0.1) is 12.8 Å². The van der Waals surface area contributed by atoms with Gasteiger partial charge in [0.15, 0.2) is 0 Å². The number of benzene rings is 1. The summed E-state index contributed by atoms with van der Waals surface area (Å²) in [6.07, 6.45) is 4.35. The first kappa shape index (κ1) is 20.7. The molecule has 1 atom stereocenters. The van der Waals surface area contributed by atoms with Crippen LogP contribution < -0.4 is 15.8 Å². The Morgan fingerprint density at radius 1 is 1.33 bits per heavy atom. The molecular formula is C24H29N3O2S. The zero-order chi connectivity index (χ0) is 21.5. The third kappa shape index (κ3) is 3.76. The molecule has 1 aliphatic carbocycles. The predicted octanol–water partition coefficient (Wildman–Crippen LogP) is 5.68. The van der Waals surface area contributed by atoms with Gasteiger partial charge < -0.3 is 15.8 Å². The molecule has 3 aromatic rings. The second-order valence-corrected chi connectivity index (χ2v) is 9.76. The van der Waals surface area contributed by atoms with E-state index in [1.165, 1.54) is 23.3 Å². The summed E-state index contributed by atoms with van der Waals surface area (Å²) in [6, 6.07) is 9.42. The van der Waals surface area contributed by atoms with Crippen molar-refractivity contribution in [3.63, 3.8) is 0 Å². The quantitative estimate of drug-likeness (QED) is 0.553. The summed E-state index contributed by atoms with van der Waals surface area (Å²) in [7, 11) is 1.61. The van der Waals surface area contributed by atoms with Crippen molar-refractivity contribution in [1.82, 2.24) is 4.98 Å². The number of thiophene rings is 1. The van der Waals surface area contributed by atoms with E-state index in [0.717, 1.165) is 40.9 Å². The van der Waals surface area contributed by atoms with E-state index in [0.29, 0.717) is 27.6 Å². The molecule has 2 aromatic heterocycles. The van der Waals surface area contributed by atoms with Crippen LogP contribution in [0.2, 0.25) is 0 Å². The SMILES string of the molecule is CCC(C)(C)C1CCc2nc3sc(C(=O)Nc4ccc(OC)cc4)c(N)c3cc2C1. The second kappa shape index (κ2) is 7.91. The minimum Gasteiger partial charge on any atom is -0.497 e. The lowest BCUT2D eigenvalue weighted by Crippen LogP contribution is -2.29. The Hall–Kier alpha value is -2.60. The fourth-order valence-corrected chi connectivity index (χ4v) is 5.17. The van der Waals surface area contributed by atoms with Gasteiger partial charge in [-0.15, -0.1) is 11.3 Å². The number of nitrogens with zero attached hydrogens (tertiary/aromatic N) is 1. The number of carbonyl (C=O) groups excluding carboxylic acids is 1. The summed E-state index contributed by atoms with van der Waals surface area (Å²) >= 11 is 1.37. The molecule has 1 unspecified atom stereocenters. The van der Waals surface area contributed by atoms with Gasteiger partial charge in [-0.1, -0.05) is 27.2 Å². The van der Waals surface area contributed by atoms with E-state index in [2.05, 4.69) is 32.2 Å². The first-order chi connectivity index (χ1) is 14.3. The van der Waals surface area contributed by atoms with Crippen LogP contribution in [-0.2, 0) is 12.8 Å². The van der Waals surface area contributed by atoms with Crippen molar-refractivity contribution in [3.8, 4) is 5.75 Å². The van der Waals surface area contributed by atoms with Gasteiger partial charge in [-0.3, -0.25) is 4.79 Å². The first-order valence-electron chi connectivity index (χ1n) is 10.5. The smallest absolute Gasteiger partial charge is 0.267 e. The molecule has 5 nitrogen and oxygen atoms in total. The van der Waals surface area contributed by atoms with Crippen LogP contribution in [0.15, 0.2) is 30.3 Å². The maximum absolute atomic E-state index is 12.9. The molecule has 158 valence electrons. The molecule has 1 aliphatic rings. The molecule has 0 saturated heterocycles. The zero-order valence-electron chi connectivity index (χ0n) is 18.0. The van der Waals surface area contributed by atoms with E-state index in [1.807, 2.05) is 24.3 Å². The predicted molar refractivity (Wildman–Crippen MR) is 125 cm³/mol. The standard InChI is InChI=1S/C24H29N3O2S/c1-5-24(2,3)15-6-11-19-14(12-15)13-18-20(25)21(30-23(18)27-19)22(28)26-16-7-9-17(29-4)10-8-16/h7-10,13,15H,5-6,11-12,25H2,1-4H3,(H,26,28). The number of aryl methyl sites for hydroxylation is 1. The molecule has 3 N–H and O–H groups in total. The van der Waals surface area contributed by atoms with Gasteiger partial charge in [0.2, 0.25) is 0 Å². The molecule has 6 heteroatoms. The van der Waals surface area contributed by atoms with Crippen LogP contribution in [0.25, 0.3) is 10.2 Å². The highest BCUT2D eigenvalue weighted by molar-refractivity contribution is 7.21. The number of pyridine rings is 1. The number of hydrogen-bond acceptors (Lipinski definition) is 5. The number of rotatable bonds is 5. The minimum atomic E-state index is -0.205. The Kier molecular flexibility index (Phi) is 5.45. The van der Waals surface area contributed by atoms with Crippen LogP contribution >= 0.6 is 11.3 Å². The summed E-state index contributed by atoms with van der Waals surface area (Å²) in [5.74, 6) is 1.18. The number of nitrogen functional groups attached to an aromatic ring is 1. The molecule has 0 fully saturated rings. The Bertz CT molecular complexity index is 1090. The molecule has 0 radical (unpaired) electrons. The van der Waals surface area contributed by atoms with Crippen molar-refractivity contribution in [3.05, 3.63) is 46.5 Å². The Morgan fingerprint density at radius 2 is 2.07 bits per heavy atom. The van der Waals surface area contributed by atoms with Crippen LogP contribution in [0.3, 0.4) is 0 Å². The van der Waals surface area contributed by atoms with Gasteiger partial charge >= 0.3 is 0 Å². The summed E-state index contributed by atoms with van der Waals surface area (Å²) in [4.78, 5) is 19.1. The van der Waals surface area contributed by atoms with Crippen LogP contribution in [-0.4, -0.2) is 18.0 Å². The number of fused-ring (bicyclic) bond motifs is 2. The van der Waals surface area contributed by atoms with Crippen molar-refractivity contribution in [1.29, 1.82) is 0 Å². The van der Waals surface area contributed by atoms with Gasteiger partial charge in [0.25, 0.3) is 5.91 Å². The Labute approximate surface area is 181 Å². The van der Waals surface area contributed by atoms with E-state index in [4.69, 9.17) is 15.5 Å². The molecule has 1 amide bonds. The first-order valence-corrected chi connectivity index (χ1v) is 11.3. The van der Waals surface area contributed by atoms with Crippen molar-refractivity contribution in [2.24, 2.45) is 11.3 Å². The third-order valence-corrected chi connectivity index (χ3v) is 7.77. The number of carbonyl (C=O) groups is 1. The van der Waals surface area contributed by atoms with Crippen molar-refractivity contribution < 1.29 is 9.53 Å². The van der Waals surface area contributed by atoms with E-state index in [-0.39, 0.29) is 5.91 Å². The lowest BCUT2D eigenvalue weighted by Gasteiger charge is -2.36. The lowest BCUT2D eigenvalue weighted by molar-refractivity contribution is 0.103. The van der Waals surface area contributed by atoms with E-state index in [1.54, 1.807) is 7.11 Å². The third-order valence-electron chi connectivity index (χ3n) is 6.66. The fraction of sp³-hybridized carbons (Fsp3) is 0.417. The zero-order valence-corrected chi connectivity index (χ0v) is 18.9. The topological polar surface area (TPSA) is 77.2 Å². The highest BCUT2D eigenvalue weighted by atomic mass is 32.1. The highest BCUT2D eigenvalue weighted by Crippen LogP contribution is 2.42. The molecule has 0 aliphatic heterocycles. The highest BCUT2D eigenvalue weighted by Gasteiger charge is 2.32. The molecule has 0 bridgehead atoms. The minimum absolute atomic E-state index is 0.205. The number of ether oxygens (including phenoxy) is 1. The molecule has 0 spiro atoms. The van der Waals surface area contributed by atoms with Crippen LogP contribution in [0, 0.1) is 11.3 Å². The maximum Gasteiger partial charge on any atom is 0.267 e. The normalized spacial score (nSPS) is 16.3. The van der Waals surface area contributed by atoms with Crippen LogP contribution in [0.1, 0.15) is 54.5 Å². The number of methoxy groups -OCH3 is 1. The monoisotopic (exact) mass is 423 g/mol. The Balaban J connectivity index is 1.62. The average Bonchev–Trinajstić information content (AvgIpc) is 3.08. The summed E-state index contributed by atoms with van der Waals surface area (Å²) in [5.41, 5.74) is 10.4. The number of amides is 1. The molecule has 30 heavy (non-hydrogen) atoms. The maximum atomic E-state index is 12.9. The summed E-state index contributed by atoms with van der Waals surface area (Å²) < 4.78 is 5.16. The molecule has 0 saturated carbocycles. The molecule has 1 aromatic carbocycles. The van der Waals surface area contributed by atoms with E-state index >= 15 is 0 Å². The summed E-state index contributed by atoms with van der Waals surface area (Å²) in [5, 5.41) is 3.82. The molecule has 4 rings (SSSR count). The Morgan fingerprint density at radius 3 is 2.73 bits per heavy atom. The summed E-state index contributed by atoms with van der Waals surface area (Å²) in [6.45, 7) is 6.98. The van der Waals surface area contributed by atoms with Crippen LogP contribution in [0.5, 0.6) is 5.75 Å². The number of aromatic nitrogens is 1.